The third-order valence-electron chi connectivity index (χ3n) is 2.07. The van der Waals surface area contributed by atoms with Crippen molar-refractivity contribution in [1.29, 1.82) is 0 Å². The van der Waals surface area contributed by atoms with Crippen molar-refractivity contribution in [3.05, 3.63) is 48.7 Å². The van der Waals surface area contributed by atoms with Gasteiger partial charge in [-0.3, -0.25) is 0 Å². The number of oxazole rings is 1. The molecule has 1 heterocycles. The van der Waals surface area contributed by atoms with Gasteiger partial charge in [0.2, 0.25) is 0 Å². The number of nitrogens with zero attached hydrogens (tertiary/aromatic N) is 1. The van der Waals surface area contributed by atoms with E-state index in [0.717, 1.165) is 22.7 Å². The van der Waals surface area contributed by atoms with Crippen molar-refractivity contribution in [1.82, 2.24) is 4.98 Å². The Morgan fingerprint density at radius 1 is 1.41 bits per heavy atom. The van der Waals surface area contributed by atoms with Crippen molar-refractivity contribution in [2.24, 2.45) is 0 Å². The van der Waals surface area contributed by atoms with Crippen molar-refractivity contribution >= 4 is 5.57 Å². The molecular formula is C15H23NO. The Morgan fingerprint density at radius 2 is 2.00 bits per heavy atom. The number of rotatable bonds is 4. The maximum atomic E-state index is 5.34. The zero-order valence-electron chi connectivity index (χ0n) is 11.6. The summed E-state index contributed by atoms with van der Waals surface area (Å²) in [7, 11) is 0. The highest BCUT2D eigenvalue weighted by Crippen LogP contribution is 2.19. The minimum Gasteiger partial charge on any atom is -0.448 e. The van der Waals surface area contributed by atoms with Gasteiger partial charge in [0.1, 0.15) is 12.0 Å². The van der Waals surface area contributed by atoms with Gasteiger partial charge in [-0.15, -0.1) is 0 Å². The van der Waals surface area contributed by atoms with Crippen LogP contribution in [0.25, 0.3) is 5.57 Å². The van der Waals surface area contributed by atoms with E-state index in [-0.39, 0.29) is 0 Å². The van der Waals surface area contributed by atoms with E-state index < -0.39 is 0 Å². The van der Waals surface area contributed by atoms with E-state index in [4.69, 9.17) is 4.42 Å². The number of allylic oxidation sites excluding steroid dienone is 4. The van der Waals surface area contributed by atoms with E-state index in [9.17, 15) is 0 Å². The molecule has 0 saturated carbocycles. The summed E-state index contributed by atoms with van der Waals surface area (Å²) < 4.78 is 5.34. The molecule has 0 fully saturated rings. The summed E-state index contributed by atoms with van der Waals surface area (Å²) >= 11 is 0. The Hall–Kier alpha value is -1.57. The maximum absolute atomic E-state index is 5.34. The number of hydrogen-bond donors (Lipinski definition) is 0. The Morgan fingerprint density at radius 3 is 2.41 bits per heavy atom. The van der Waals surface area contributed by atoms with Crippen LogP contribution in [0.5, 0.6) is 0 Å². The van der Waals surface area contributed by atoms with Gasteiger partial charge in [-0.25, -0.2) is 4.98 Å². The fourth-order valence-corrected chi connectivity index (χ4v) is 1.11. The van der Waals surface area contributed by atoms with E-state index in [2.05, 4.69) is 18.1 Å². The number of hydrogen-bond acceptors (Lipinski definition) is 2. The zero-order valence-corrected chi connectivity index (χ0v) is 11.6. The summed E-state index contributed by atoms with van der Waals surface area (Å²) in [4.78, 5) is 4.35. The lowest BCUT2D eigenvalue weighted by atomic mass is 10.1. The molecule has 0 amide bonds. The Balaban J connectivity index is 0.00000121. The van der Waals surface area contributed by atoms with Gasteiger partial charge in [-0.05, 0) is 12.5 Å². The highest BCUT2D eigenvalue weighted by Gasteiger charge is 2.08. The van der Waals surface area contributed by atoms with Crippen LogP contribution in [-0.4, -0.2) is 4.98 Å². The van der Waals surface area contributed by atoms with Gasteiger partial charge < -0.3 is 4.42 Å². The first kappa shape index (κ1) is 15.4. The summed E-state index contributed by atoms with van der Waals surface area (Å²) in [6.45, 7) is 17.7. The molecule has 0 bridgehead atoms. The van der Waals surface area contributed by atoms with Gasteiger partial charge >= 0.3 is 0 Å². The molecule has 0 radical (unpaired) electrons. The molecule has 1 aromatic rings. The second-order valence-corrected chi connectivity index (χ2v) is 3.84. The molecule has 2 heteroatoms. The maximum Gasteiger partial charge on any atom is 0.197 e. The lowest BCUT2D eigenvalue weighted by molar-refractivity contribution is 0.471. The van der Waals surface area contributed by atoms with Crippen LogP contribution in [0.15, 0.2) is 41.6 Å². The van der Waals surface area contributed by atoms with Crippen molar-refractivity contribution in [2.75, 3.05) is 0 Å². The smallest absolute Gasteiger partial charge is 0.197 e. The molecule has 0 aliphatic rings. The molecule has 94 valence electrons. The van der Waals surface area contributed by atoms with Crippen LogP contribution in [0.2, 0.25) is 0 Å². The Labute approximate surface area is 105 Å². The Bertz CT molecular complexity index is 397. The van der Waals surface area contributed by atoms with Crippen LogP contribution < -0.4 is 0 Å². The predicted molar refractivity (Wildman–Crippen MR) is 74.9 cm³/mol. The molecule has 0 spiro atoms. The molecule has 0 aliphatic carbocycles. The SMILES string of the molecule is C=C/C(C)=C\C(=C)c1coc(C(C)C)n1.CC. The van der Waals surface area contributed by atoms with Crippen LogP contribution in [-0.2, 0) is 0 Å². The van der Waals surface area contributed by atoms with E-state index in [1.807, 2.05) is 40.7 Å². The van der Waals surface area contributed by atoms with E-state index in [0.29, 0.717) is 5.92 Å². The number of aromatic nitrogens is 1. The lowest BCUT2D eigenvalue weighted by Crippen LogP contribution is -1.87. The van der Waals surface area contributed by atoms with Crippen LogP contribution in [0, 0.1) is 0 Å². The van der Waals surface area contributed by atoms with Gasteiger partial charge in [0.25, 0.3) is 0 Å². The van der Waals surface area contributed by atoms with Crippen molar-refractivity contribution in [3.8, 4) is 0 Å². The van der Waals surface area contributed by atoms with E-state index in [1.54, 1.807) is 12.3 Å². The molecule has 0 aromatic carbocycles. The van der Waals surface area contributed by atoms with E-state index >= 15 is 0 Å². The zero-order chi connectivity index (χ0) is 13.4. The predicted octanol–water partition coefficient (Wildman–Crippen LogP) is 4.97. The molecule has 17 heavy (non-hydrogen) atoms. The Kier molecular flexibility index (Phi) is 6.95. The summed E-state index contributed by atoms with van der Waals surface area (Å²) in [6, 6.07) is 0. The van der Waals surface area contributed by atoms with Gasteiger partial charge in [0, 0.05) is 5.92 Å². The third kappa shape index (κ3) is 4.85. The average Bonchev–Trinajstić information content (AvgIpc) is 2.81. The highest BCUT2D eigenvalue weighted by atomic mass is 16.3. The first-order valence-electron chi connectivity index (χ1n) is 6.00. The van der Waals surface area contributed by atoms with Crippen LogP contribution in [0.3, 0.4) is 0 Å². The monoisotopic (exact) mass is 233 g/mol. The molecule has 1 aromatic heterocycles. The van der Waals surface area contributed by atoms with Gasteiger partial charge in [0.05, 0.1) is 0 Å². The second kappa shape index (κ2) is 7.66. The largest absolute Gasteiger partial charge is 0.448 e. The molecule has 0 atom stereocenters. The normalized spacial score (nSPS) is 10.8. The van der Waals surface area contributed by atoms with Gasteiger partial charge in [0.15, 0.2) is 5.89 Å². The van der Waals surface area contributed by atoms with Gasteiger partial charge in [-0.2, -0.15) is 0 Å². The molecule has 0 N–H and O–H groups in total. The average molecular weight is 233 g/mol. The van der Waals surface area contributed by atoms with Crippen LogP contribution in [0.1, 0.15) is 52.1 Å². The molecule has 0 unspecified atom stereocenters. The molecule has 1 rings (SSSR count). The van der Waals surface area contributed by atoms with Crippen LogP contribution in [0.4, 0.5) is 0 Å². The first-order valence-corrected chi connectivity index (χ1v) is 6.00. The second-order valence-electron chi connectivity index (χ2n) is 3.84. The molecule has 2 nitrogen and oxygen atoms in total. The lowest BCUT2D eigenvalue weighted by Gasteiger charge is -1.96. The fraction of sp³-hybridized carbons (Fsp3) is 0.400. The molecule has 0 aliphatic heterocycles. The summed E-state index contributed by atoms with van der Waals surface area (Å²) in [5, 5.41) is 0. The molecule has 0 saturated heterocycles. The summed E-state index contributed by atoms with van der Waals surface area (Å²) in [6.07, 6.45) is 5.37. The third-order valence-corrected chi connectivity index (χ3v) is 2.07. The summed E-state index contributed by atoms with van der Waals surface area (Å²) in [5.74, 6) is 1.05. The van der Waals surface area contributed by atoms with Crippen LogP contribution >= 0.6 is 0 Å². The fourth-order valence-electron chi connectivity index (χ4n) is 1.11. The first-order chi connectivity index (χ1) is 8.04. The topological polar surface area (TPSA) is 26.0 Å². The van der Waals surface area contributed by atoms with Crippen molar-refractivity contribution in [3.63, 3.8) is 0 Å². The minimum absolute atomic E-state index is 0.302. The van der Waals surface area contributed by atoms with Crippen molar-refractivity contribution in [2.45, 2.75) is 40.5 Å². The van der Waals surface area contributed by atoms with Gasteiger partial charge in [-0.1, -0.05) is 58.6 Å². The van der Waals surface area contributed by atoms with Crippen molar-refractivity contribution < 1.29 is 4.42 Å². The minimum atomic E-state index is 0.302. The van der Waals surface area contributed by atoms with E-state index in [1.165, 1.54) is 0 Å². The highest BCUT2D eigenvalue weighted by molar-refractivity contribution is 5.70. The molecular weight excluding hydrogens is 210 g/mol. The summed E-state index contributed by atoms with van der Waals surface area (Å²) in [5.41, 5.74) is 2.71. The quantitative estimate of drug-likeness (QED) is 0.686. The standard InChI is InChI=1S/C13H17NO.C2H6/c1-6-10(4)7-11(5)12-8-15-13(14-12)9(2)3;1-2/h6-9H,1,5H2,2-4H3;1-2H3/b10-7-;.